The first-order valence-corrected chi connectivity index (χ1v) is 23.0. The number of rotatable bonds is 7. The zero-order valence-corrected chi connectivity index (χ0v) is 36.1. The molecule has 0 unspecified atom stereocenters. The Morgan fingerprint density at radius 3 is 1.45 bits per heavy atom. The lowest BCUT2D eigenvalue weighted by molar-refractivity contribution is 0.669. The van der Waals surface area contributed by atoms with Crippen molar-refractivity contribution in [1.82, 2.24) is 0 Å². The Balaban J connectivity index is 0.975. The van der Waals surface area contributed by atoms with Crippen LogP contribution in [-0.2, 0) is 5.41 Å². The van der Waals surface area contributed by atoms with E-state index in [1.54, 1.807) is 0 Å². The number of hydrogen-bond donors (Lipinski definition) is 0. The van der Waals surface area contributed by atoms with Crippen molar-refractivity contribution in [3.8, 4) is 22.3 Å². The molecular formula is C61H40N2OS. The molecule has 13 rings (SSSR count). The van der Waals surface area contributed by atoms with Gasteiger partial charge in [-0.1, -0.05) is 163 Å². The summed E-state index contributed by atoms with van der Waals surface area (Å²) >= 11 is 1.88. The summed E-state index contributed by atoms with van der Waals surface area (Å²) in [6, 6.07) is 88.0. The minimum Gasteiger partial charge on any atom is -0.456 e. The van der Waals surface area contributed by atoms with Gasteiger partial charge in [0.15, 0.2) is 0 Å². The van der Waals surface area contributed by atoms with E-state index in [0.29, 0.717) is 0 Å². The SMILES string of the molecule is c1ccc(N(c2ccc(-c3cc(N(c4ccccc4)c4ccccc4)cc4oc5ccccc5c34)cc2)c2ccc3c(c2)-c2ccccc2C32c3ccccc3Sc3ccccc32)cc1. The van der Waals surface area contributed by atoms with Gasteiger partial charge in [0, 0.05) is 55.1 Å². The van der Waals surface area contributed by atoms with Gasteiger partial charge in [-0.25, -0.2) is 0 Å². The molecule has 0 atom stereocenters. The molecule has 0 fully saturated rings. The number of benzene rings is 10. The number of hydrogen-bond acceptors (Lipinski definition) is 4. The lowest BCUT2D eigenvalue weighted by Crippen LogP contribution is -2.31. The van der Waals surface area contributed by atoms with E-state index in [9.17, 15) is 0 Å². The minimum atomic E-state index is -0.421. The first kappa shape index (κ1) is 37.5. The van der Waals surface area contributed by atoms with Crippen molar-refractivity contribution in [2.45, 2.75) is 15.2 Å². The molecule has 2 aliphatic rings. The first-order valence-electron chi connectivity index (χ1n) is 22.2. The van der Waals surface area contributed by atoms with Gasteiger partial charge in [-0.2, -0.15) is 0 Å². The molecule has 1 aliphatic carbocycles. The summed E-state index contributed by atoms with van der Waals surface area (Å²) in [5.41, 5.74) is 17.9. The molecule has 11 aromatic rings. The van der Waals surface area contributed by atoms with E-state index in [0.717, 1.165) is 67.2 Å². The second-order valence-electron chi connectivity index (χ2n) is 16.8. The Morgan fingerprint density at radius 1 is 0.323 bits per heavy atom. The molecule has 4 heteroatoms. The van der Waals surface area contributed by atoms with Crippen LogP contribution in [0.15, 0.2) is 257 Å². The van der Waals surface area contributed by atoms with E-state index >= 15 is 0 Å². The summed E-state index contributed by atoms with van der Waals surface area (Å²) in [4.78, 5) is 7.31. The Hall–Kier alpha value is -8.05. The fourth-order valence-corrected chi connectivity index (χ4v) is 11.8. The summed E-state index contributed by atoms with van der Waals surface area (Å²) < 4.78 is 6.66. The van der Waals surface area contributed by atoms with Gasteiger partial charge in [-0.05, 0) is 129 Å². The van der Waals surface area contributed by atoms with Crippen molar-refractivity contribution < 1.29 is 4.42 Å². The molecular weight excluding hydrogens is 809 g/mol. The maximum Gasteiger partial charge on any atom is 0.138 e. The molecule has 0 amide bonds. The Labute approximate surface area is 382 Å². The highest BCUT2D eigenvalue weighted by Gasteiger charge is 2.50. The maximum absolute atomic E-state index is 6.66. The largest absolute Gasteiger partial charge is 0.456 e. The van der Waals surface area contributed by atoms with Crippen LogP contribution in [0.1, 0.15) is 22.3 Å². The predicted molar refractivity (Wildman–Crippen MR) is 270 cm³/mol. The Bertz CT molecular complexity index is 3500. The summed E-state index contributed by atoms with van der Waals surface area (Å²) in [5, 5.41) is 2.21. The molecule has 0 saturated heterocycles. The molecule has 1 spiro atoms. The second-order valence-corrected chi connectivity index (χ2v) is 17.9. The number of anilines is 6. The zero-order chi connectivity index (χ0) is 42.9. The van der Waals surface area contributed by atoms with Crippen LogP contribution in [0.5, 0.6) is 0 Å². The summed E-state index contributed by atoms with van der Waals surface area (Å²) in [5.74, 6) is 0. The van der Waals surface area contributed by atoms with E-state index in [2.05, 4.69) is 246 Å². The van der Waals surface area contributed by atoms with Gasteiger partial charge in [0.25, 0.3) is 0 Å². The minimum absolute atomic E-state index is 0.421. The molecule has 1 aliphatic heterocycles. The van der Waals surface area contributed by atoms with Crippen LogP contribution in [0, 0.1) is 0 Å². The molecule has 0 radical (unpaired) electrons. The Kier molecular flexibility index (Phi) is 8.68. The highest BCUT2D eigenvalue weighted by Crippen LogP contribution is 2.62. The Morgan fingerprint density at radius 2 is 0.800 bits per heavy atom. The fraction of sp³-hybridized carbons (Fsp3) is 0.0164. The van der Waals surface area contributed by atoms with Crippen LogP contribution in [0.4, 0.5) is 34.1 Å². The third-order valence-electron chi connectivity index (χ3n) is 13.3. The van der Waals surface area contributed by atoms with Crippen molar-refractivity contribution in [2.24, 2.45) is 0 Å². The normalized spacial score (nSPS) is 13.0. The van der Waals surface area contributed by atoms with E-state index in [1.807, 2.05) is 17.8 Å². The third kappa shape index (κ3) is 5.84. The molecule has 306 valence electrons. The molecule has 0 bridgehead atoms. The molecule has 0 N–H and O–H groups in total. The molecule has 1 aromatic heterocycles. The lowest BCUT2D eigenvalue weighted by atomic mass is 9.67. The first-order chi connectivity index (χ1) is 32.2. The second kappa shape index (κ2) is 15.0. The van der Waals surface area contributed by atoms with Gasteiger partial charge in [0.2, 0.25) is 0 Å². The van der Waals surface area contributed by atoms with Gasteiger partial charge in [-0.3, -0.25) is 0 Å². The van der Waals surface area contributed by atoms with Gasteiger partial charge >= 0.3 is 0 Å². The van der Waals surface area contributed by atoms with E-state index in [-0.39, 0.29) is 0 Å². The van der Waals surface area contributed by atoms with Gasteiger partial charge < -0.3 is 14.2 Å². The lowest BCUT2D eigenvalue weighted by Gasteiger charge is -2.39. The third-order valence-corrected chi connectivity index (χ3v) is 14.4. The van der Waals surface area contributed by atoms with Crippen LogP contribution in [0.25, 0.3) is 44.2 Å². The van der Waals surface area contributed by atoms with Crippen LogP contribution in [0.3, 0.4) is 0 Å². The van der Waals surface area contributed by atoms with E-state index in [4.69, 9.17) is 4.42 Å². The smallest absolute Gasteiger partial charge is 0.138 e. The number of para-hydroxylation sites is 4. The topological polar surface area (TPSA) is 19.6 Å². The standard InChI is InChI=1S/C61H40N2OS/c1-4-18-42(19-5-1)62(46-36-37-53-51(38-46)48-24-10-12-26-52(48)61(53)54-27-13-16-30-58(54)65-59-31-17-14-28-55(59)61)45-34-32-41(33-35-45)50-39-47(40-57-60(50)49-25-11-15-29-56(49)64-57)63(43-20-6-2-7-21-43)44-22-8-3-9-23-44/h1-40H. The zero-order valence-electron chi connectivity index (χ0n) is 35.3. The fourth-order valence-electron chi connectivity index (χ4n) is 10.6. The van der Waals surface area contributed by atoms with E-state index < -0.39 is 5.41 Å². The van der Waals surface area contributed by atoms with Gasteiger partial charge in [0.1, 0.15) is 11.2 Å². The summed E-state index contributed by atoms with van der Waals surface area (Å²) in [6.45, 7) is 0. The van der Waals surface area contributed by atoms with Crippen molar-refractivity contribution in [3.05, 3.63) is 265 Å². The van der Waals surface area contributed by atoms with Crippen LogP contribution >= 0.6 is 11.8 Å². The number of fused-ring (bicyclic) bond motifs is 12. The van der Waals surface area contributed by atoms with Crippen molar-refractivity contribution in [3.63, 3.8) is 0 Å². The maximum atomic E-state index is 6.66. The monoisotopic (exact) mass is 848 g/mol. The molecule has 65 heavy (non-hydrogen) atoms. The molecule has 2 heterocycles. The van der Waals surface area contributed by atoms with Crippen LogP contribution in [0.2, 0.25) is 0 Å². The van der Waals surface area contributed by atoms with Gasteiger partial charge in [0.05, 0.1) is 11.1 Å². The number of furan rings is 1. The quantitative estimate of drug-likeness (QED) is 0.159. The highest BCUT2D eigenvalue weighted by atomic mass is 32.2. The highest BCUT2D eigenvalue weighted by molar-refractivity contribution is 7.99. The molecule has 3 nitrogen and oxygen atoms in total. The average molecular weight is 849 g/mol. The van der Waals surface area contributed by atoms with Crippen LogP contribution in [-0.4, -0.2) is 0 Å². The van der Waals surface area contributed by atoms with Crippen molar-refractivity contribution in [2.75, 3.05) is 9.80 Å². The van der Waals surface area contributed by atoms with Crippen molar-refractivity contribution >= 4 is 67.8 Å². The number of nitrogens with zero attached hydrogens (tertiary/aromatic N) is 2. The van der Waals surface area contributed by atoms with Crippen LogP contribution < -0.4 is 9.80 Å². The molecule has 10 aromatic carbocycles. The van der Waals surface area contributed by atoms with Crippen molar-refractivity contribution in [1.29, 1.82) is 0 Å². The van der Waals surface area contributed by atoms with Gasteiger partial charge in [-0.15, -0.1) is 0 Å². The summed E-state index contributed by atoms with van der Waals surface area (Å²) in [7, 11) is 0. The predicted octanol–water partition coefficient (Wildman–Crippen LogP) is 17.0. The molecule has 0 saturated carbocycles. The summed E-state index contributed by atoms with van der Waals surface area (Å²) in [6.07, 6.45) is 0. The average Bonchev–Trinajstić information content (AvgIpc) is 3.89. The van der Waals surface area contributed by atoms with E-state index in [1.165, 1.54) is 43.2 Å².